The molecule has 0 amide bonds. The second-order valence-electron chi connectivity index (χ2n) is 12.5. The van der Waals surface area contributed by atoms with Crippen molar-refractivity contribution in [2.45, 2.75) is 142 Å². The fraction of sp³-hybridized carbons (Fsp3) is 0.658. The van der Waals surface area contributed by atoms with Crippen molar-refractivity contribution in [3.8, 4) is 6.07 Å². The molecule has 1 aliphatic heterocycles. The van der Waals surface area contributed by atoms with Crippen molar-refractivity contribution in [2.75, 3.05) is 19.6 Å². The predicted molar refractivity (Wildman–Crippen MR) is 174 cm³/mol. The molecule has 1 unspecified atom stereocenters. The standard InChI is InChI=1S/C38H57FN2O/c1-3-5-7-9-11-13-15-17-27-41(28-18-16-14-12-10-8-6-4-2)29-19-26-38(35-21-23-36(39)24-22-35)37-25-20-33(31-40)30-34(37)32-42-38/h20-25,30H,3-19,26-29,32H2,1-2H3. The third kappa shape index (κ3) is 11.1. The Hall–Kier alpha value is -2.22. The van der Waals surface area contributed by atoms with E-state index < -0.39 is 5.60 Å². The predicted octanol–water partition coefficient (Wildman–Crippen LogP) is 10.8. The molecule has 0 spiro atoms. The molecular weight excluding hydrogens is 519 g/mol. The van der Waals surface area contributed by atoms with E-state index >= 15 is 0 Å². The minimum Gasteiger partial charge on any atom is -0.361 e. The SMILES string of the molecule is CCCCCCCCCCN(CCCCCCCCCC)CCCC1(c2ccc(F)cc2)OCc2cc(C#N)ccc21. The third-order valence-electron chi connectivity index (χ3n) is 9.11. The Kier molecular flexibility index (Phi) is 16.2. The second-order valence-corrected chi connectivity index (χ2v) is 12.5. The molecule has 0 fully saturated rings. The normalized spacial score (nSPS) is 16.2. The zero-order chi connectivity index (χ0) is 29.9. The van der Waals surface area contributed by atoms with Crippen molar-refractivity contribution in [2.24, 2.45) is 0 Å². The first kappa shape index (κ1) is 34.3. The van der Waals surface area contributed by atoms with Gasteiger partial charge in [-0.3, -0.25) is 0 Å². The molecule has 3 rings (SSSR count). The Morgan fingerprint density at radius 1 is 0.714 bits per heavy atom. The smallest absolute Gasteiger partial charge is 0.123 e. The van der Waals surface area contributed by atoms with E-state index in [1.807, 2.05) is 24.3 Å². The van der Waals surface area contributed by atoms with Gasteiger partial charge >= 0.3 is 0 Å². The maximum Gasteiger partial charge on any atom is 0.123 e. The number of fused-ring (bicyclic) bond motifs is 1. The molecule has 232 valence electrons. The summed E-state index contributed by atoms with van der Waals surface area (Å²) in [6.45, 7) is 8.47. The minimum absolute atomic E-state index is 0.228. The first-order valence-electron chi connectivity index (χ1n) is 17.3. The van der Waals surface area contributed by atoms with E-state index in [1.54, 1.807) is 12.1 Å². The van der Waals surface area contributed by atoms with Gasteiger partial charge in [0.1, 0.15) is 11.4 Å². The van der Waals surface area contributed by atoms with Gasteiger partial charge in [0.05, 0.1) is 18.2 Å². The molecule has 0 aliphatic carbocycles. The molecule has 1 heterocycles. The summed E-state index contributed by atoms with van der Waals surface area (Å²) in [6, 6.07) is 15.0. The van der Waals surface area contributed by atoms with Crippen molar-refractivity contribution in [3.05, 3.63) is 70.5 Å². The van der Waals surface area contributed by atoms with Crippen LogP contribution in [0.5, 0.6) is 0 Å². The van der Waals surface area contributed by atoms with Crippen LogP contribution in [0.25, 0.3) is 0 Å². The van der Waals surface area contributed by atoms with Crippen molar-refractivity contribution >= 4 is 0 Å². The molecule has 2 aromatic carbocycles. The van der Waals surface area contributed by atoms with Gasteiger partial charge in [-0.1, -0.05) is 122 Å². The van der Waals surface area contributed by atoms with Crippen LogP contribution >= 0.6 is 0 Å². The van der Waals surface area contributed by atoms with E-state index in [9.17, 15) is 9.65 Å². The van der Waals surface area contributed by atoms with Crippen LogP contribution in [0.4, 0.5) is 4.39 Å². The fourth-order valence-electron chi connectivity index (χ4n) is 6.59. The number of nitrogens with zero attached hydrogens (tertiary/aromatic N) is 2. The van der Waals surface area contributed by atoms with Crippen LogP contribution < -0.4 is 0 Å². The highest BCUT2D eigenvalue weighted by Gasteiger charge is 2.41. The molecular formula is C38H57FN2O. The number of unbranched alkanes of at least 4 members (excludes halogenated alkanes) is 14. The molecule has 1 aliphatic rings. The van der Waals surface area contributed by atoms with E-state index in [0.717, 1.165) is 36.1 Å². The maximum atomic E-state index is 13.9. The van der Waals surface area contributed by atoms with Gasteiger partial charge in [-0.05, 0) is 86.3 Å². The lowest BCUT2D eigenvalue weighted by atomic mass is 9.81. The van der Waals surface area contributed by atoms with Crippen molar-refractivity contribution in [1.29, 1.82) is 5.26 Å². The van der Waals surface area contributed by atoms with Gasteiger partial charge in [-0.2, -0.15) is 5.26 Å². The first-order chi connectivity index (χ1) is 20.6. The molecule has 4 heteroatoms. The third-order valence-corrected chi connectivity index (χ3v) is 9.11. The van der Waals surface area contributed by atoms with Crippen molar-refractivity contribution < 1.29 is 9.13 Å². The number of halogens is 1. The van der Waals surface area contributed by atoms with Crippen LogP contribution in [0.1, 0.15) is 152 Å². The van der Waals surface area contributed by atoms with Gasteiger partial charge in [0, 0.05) is 0 Å². The summed E-state index contributed by atoms with van der Waals surface area (Å²) >= 11 is 0. The van der Waals surface area contributed by atoms with Gasteiger partial charge in [-0.25, -0.2) is 4.39 Å². The van der Waals surface area contributed by atoms with Gasteiger partial charge in [0.15, 0.2) is 0 Å². The fourth-order valence-corrected chi connectivity index (χ4v) is 6.59. The van der Waals surface area contributed by atoms with Gasteiger partial charge in [-0.15, -0.1) is 0 Å². The Balaban J connectivity index is 1.57. The average Bonchev–Trinajstić information content (AvgIpc) is 3.38. The number of hydrogen-bond acceptors (Lipinski definition) is 3. The van der Waals surface area contributed by atoms with E-state index in [0.29, 0.717) is 12.2 Å². The molecule has 1 atom stereocenters. The molecule has 0 saturated carbocycles. The summed E-state index contributed by atoms with van der Waals surface area (Å²) in [5.74, 6) is -0.228. The van der Waals surface area contributed by atoms with E-state index in [-0.39, 0.29) is 5.82 Å². The van der Waals surface area contributed by atoms with Gasteiger partial charge in [0.25, 0.3) is 0 Å². The summed E-state index contributed by atoms with van der Waals surface area (Å²) in [7, 11) is 0. The number of benzene rings is 2. The van der Waals surface area contributed by atoms with Crippen LogP contribution in [0.15, 0.2) is 42.5 Å². The minimum atomic E-state index is -0.584. The summed E-state index contributed by atoms with van der Waals surface area (Å²) in [6.07, 6.45) is 23.5. The number of hydrogen-bond donors (Lipinski definition) is 0. The molecule has 42 heavy (non-hydrogen) atoms. The number of ether oxygens (including phenoxy) is 1. The Morgan fingerprint density at radius 3 is 1.79 bits per heavy atom. The first-order valence-corrected chi connectivity index (χ1v) is 17.3. The summed E-state index contributed by atoms with van der Waals surface area (Å²) in [5.41, 5.74) is 3.29. The highest BCUT2D eigenvalue weighted by Crippen LogP contribution is 2.45. The van der Waals surface area contributed by atoms with E-state index in [2.05, 4.69) is 30.9 Å². The molecule has 2 aromatic rings. The summed E-state index contributed by atoms with van der Waals surface area (Å²) in [5, 5.41) is 9.42. The summed E-state index contributed by atoms with van der Waals surface area (Å²) < 4.78 is 20.4. The van der Waals surface area contributed by atoms with Crippen molar-refractivity contribution in [3.63, 3.8) is 0 Å². The summed E-state index contributed by atoms with van der Waals surface area (Å²) in [4.78, 5) is 2.70. The Labute approximate surface area is 256 Å². The second kappa shape index (κ2) is 19.9. The zero-order valence-corrected chi connectivity index (χ0v) is 26.8. The maximum absolute atomic E-state index is 13.9. The highest BCUT2D eigenvalue weighted by atomic mass is 19.1. The number of nitriles is 1. The number of rotatable bonds is 23. The molecule has 0 saturated heterocycles. The lowest BCUT2D eigenvalue weighted by Crippen LogP contribution is -2.31. The zero-order valence-electron chi connectivity index (χ0n) is 26.8. The average molecular weight is 577 g/mol. The molecule has 0 bridgehead atoms. The largest absolute Gasteiger partial charge is 0.361 e. The highest BCUT2D eigenvalue weighted by molar-refractivity contribution is 5.47. The lowest BCUT2D eigenvalue weighted by molar-refractivity contribution is -0.0146. The van der Waals surface area contributed by atoms with Crippen LogP contribution in [-0.2, 0) is 16.9 Å². The van der Waals surface area contributed by atoms with Crippen LogP contribution in [-0.4, -0.2) is 24.5 Å². The van der Waals surface area contributed by atoms with Crippen LogP contribution in [0.2, 0.25) is 0 Å². The van der Waals surface area contributed by atoms with Gasteiger partial charge < -0.3 is 9.64 Å². The topological polar surface area (TPSA) is 36.3 Å². The monoisotopic (exact) mass is 576 g/mol. The Morgan fingerprint density at radius 2 is 1.24 bits per heavy atom. The molecule has 0 N–H and O–H groups in total. The quantitative estimate of drug-likeness (QED) is 0.123. The molecule has 0 aromatic heterocycles. The van der Waals surface area contributed by atoms with Crippen LogP contribution in [0, 0.1) is 17.1 Å². The lowest BCUT2D eigenvalue weighted by Gasteiger charge is -2.32. The van der Waals surface area contributed by atoms with Crippen molar-refractivity contribution in [1.82, 2.24) is 4.90 Å². The van der Waals surface area contributed by atoms with E-state index in [4.69, 9.17) is 4.74 Å². The van der Waals surface area contributed by atoms with Crippen LogP contribution in [0.3, 0.4) is 0 Å². The van der Waals surface area contributed by atoms with E-state index in [1.165, 1.54) is 116 Å². The molecule has 3 nitrogen and oxygen atoms in total. The Bertz CT molecular complexity index is 1030. The molecule has 0 radical (unpaired) electrons. The van der Waals surface area contributed by atoms with Gasteiger partial charge in [0.2, 0.25) is 0 Å².